The molecule has 9 heteroatoms. The molecule has 1 aromatic carbocycles. The van der Waals surface area contributed by atoms with E-state index in [1.807, 2.05) is 6.92 Å². The topological polar surface area (TPSA) is 125 Å². The van der Waals surface area contributed by atoms with Crippen LogP contribution in [0.25, 0.3) is 0 Å². The summed E-state index contributed by atoms with van der Waals surface area (Å²) >= 11 is 0. The van der Waals surface area contributed by atoms with Gasteiger partial charge in [-0.05, 0) is 37.0 Å². The number of halogens is 1. The molecule has 0 spiro atoms. The molecule has 130 valence electrons. The SMILES string of the molecule is CCc1ccc(NC(=O)C2(N)CCOCC2)cc1S(N)(=O)=O.Cl. The summed E-state index contributed by atoms with van der Waals surface area (Å²) in [4.78, 5) is 12.4. The highest BCUT2D eigenvalue weighted by Crippen LogP contribution is 2.23. The first-order valence-corrected chi connectivity index (χ1v) is 8.65. The van der Waals surface area contributed by atoms with Crippen LogP contribution < -0.4 is 16.2 Å². The van der Waals surface area contributed by atoms with E-state index in [-0.39, 0.29) is 23.2 Å². The number of amides is 1. The Balaban J connectivity index is 0.00000264. The number of rotatable bonds is 4. The maximum atomic E-state index is 12.3. The predicted molar refractivity (Wildman–Crippen MR) is 90.0 cm³/mol. The first-order chi connectivity index (χ1) is 10.3. The third kappa shape index (κ3) is 4.65. The van der Waals surface area contributed by atoms with Crippen LogP contribution >= 0.6 is 12.4 Å². The summed E-state index contributed by atoms with van der Waals surface area (Å²) in [5.74, 6) is -0.347. The molecule has 1 aromatic rings. The van der Waals surface area contributed by atoms with Crippen LogP contribution in [0.4, 0.5) is 5.69 Å². The molecular weight excluding hydrogens is 342 g/mol. The monoisotopic (exact) mass is 363 g/mol. The highest BCUT2D eigenvalue weighted by atomic mass is 35.5. The number of primary sulfonamides is 1. The van der Waals surface area contributed by atoms with Crippen LogP contribution in [0, 0.1) is 0 Å². The van der Waals surface area contributed by atoms with Crippen molar-refractivity contribution in [3.63, 3.8) is 0 Å². The summed E-state index contributed by atoms with van der Waals surface area (Å²) < 4.78 is 28.5. The van der Waals surface area contributed by atoms with Gasteiger partial charge in [-0.25, -0.2) is 13.6 Å². The van der Waals surface area contributed by atoms with Gasteiger partial charge in [-0.15, -0.1) is 12.4 Å². The minimum absolute atomic E-state index is 0. The fourth-order valence-corrected chi connectivity index (χ4v) is 3.28. The first-order valence-electron chi connectivity index (χ1n) is 7.10. The van der Waals surface area contributed by atoms with E-state index in [1.54, 1.807) is 12.1 Å². The van der Waals surface area contributed by atoms with Crippen molar-refractivity contribution in [1.29, 1.82) is 0 Å². The normalized spacial score (nSPS) is 17.2. The summed E-state index contributed by atoms with van der Waals surface area (Å²) in [6.07, 6.45) is 1.37. The van der Waals surface area contributed by atoms with Gasteiger partial charge in [-0.1, -0.05) is 13.0 Å². The summed E-state index contributed by atoms with van der Waals surface area (Å²) in [6, 6.07) is 4.66. The highest BCUT2D eigenvalue weighted by molar-refractivity contribution is 7.89. The largest absolute Gasteiger partial charge is 0.381 e. The minimum atomic E-state index is -3.85. The molecule has 1 amide bonds. The second-order valence-corrected chi connectivity index (χ2v) is 6.97. The lowest BCUT2D eigenvalue weighted by Gasteiger charge is -2.31. The number of hydrogen-bond donors (Lipinski definition) is 3. The predicted octanol–water partition coefficient (Wildman–Crippen LogP) is 0.765. The number of benzene rings is 1. The summed E-state index contributed by atoms with van der Waals surface area (Å²) in [5, 5.41) is 7.90. The Kier molecular flexibility index (Phi) is 6.55. The number of carbonyl (C=O) groups excluding carboxylic acids is 1. The Bertz CT molecular complexity index is 673. The molecule has 0 saturated carbocycles. The molecule has 5 N–H and O–H groups in total. The number of carbonyl (C=O) groups is 1. The molecule has 7 nitrogen and oxygen atoms in total. The van der Waals surface area contributed by atoms with Gasteiger partial charge >= 0.3 is 0 Å². The zero-order valence-electron chi connectivity index (χ0n) is 12.9. The lowest BCUT2D eigenvalue weighted by Crippen LogP contribution is -2.54. The lowest BCUT2D eigenvalue weighted by atomic mass is 9.90. The quantitative estimate of drug-likeness (QED) is 0.728. The van der Waals surface area contributed by atoms with Crippen LogP contribution in [0.1, 0.15) is 25.3 Å². The number of ether oxygens (including phenoxy) is 1. The molecule has 2 rings (SSSR count). The Morgan fingerprint density at radius 2 is 1.96 bits per heavy atom. The van der Waals surface area contributed by atoms with Gasteiger partial charge in [0.1, 0.15) is 5.54 Å². The van der Waals surface area contributed by atoms with Crippen LogP contribution in [0.5, 0.6) is 0 Å². The van der Waals surface area contributed by atoms with Crippen molar-refractivity contribution in [1.82, 2.24) is 0 Å². The maximum Gasteiger partial charge on any atom is 0.244 e. The van der Waals surface area contributed by atoms with E-state index >= 15 is 0 Å². The molecule has 1 aliphatic heterocycles. The average molecular weight is 364 g/mol. The molecule has 0 aliphatic carbocycles. The van der Waals surface area contributed by atoms with E-state index in [9.17, 15) is 13.2 Å². The fourth-order valence-electron chi connectivity index (χ4n) is 2.41. The second-order valence-electron chi connectivity index (χ2n) is 5.44. The number of hydrogen-bond acceptors (Lipinski definition) is 5. The molecular formula is C14H22ClN3O4S. The molecule has 1 fully saturated rings. The number of anilines is 1. The van der Waals surface area contributed by atoms with E-state index in [4.69, 9.17) is 15.6 Å². The van der Waals surface area contributed by atoms with Crippen molar-refractivity contribution in [2.24, 2.45) is 10.9 Å². The zero-order chi connectivity index (χ0) is 16.4. The van der Waals surface area contributed by atoms with Crippen molar-refractivity contribution in [2.45, 2.75) is 36.6 Å². The van der Waals surface area contributed by atoms with Crippen LogP contribution in [-0.4, -0.2) is 33.1 Å². The minimum Gasteiger partial charge on any atom is -0.381 e. The molecule has 0 atom stereocenters. The fraction of sp³-hybridized carbons (Fsp3) is 0.500. The maximum absolute atomic E-state index is 12.3. The van der Waals surface area contributed by atoms with E-state index in [1.165, 1.54) is 6.07 Å². The lowest BCUT2D eigenvalue weighted by molar-refractivity contribution is -0.124. The standard InChI is InChI=1S/C14H21N3O4S.ClH/c1-2-10-3-4-11(9-12(10)22(16,19)20)17-13(18)14(15)5-7-21-8-6-14;/h3-4,9H,2,5-8,15H2,1H3,(H,17,18)(H2,16,19,20);1H. The van der Waals surface area contributed by atoms with Crippen molar-refractivity contribution in [3.8, 4) is 0 Å². The van der Waals surface area contributed by atoms with Crippen LogP contribution in [0.3, 0.4) is 0 Å². The van der Waals surface area contributed by atoms with E-state index in [2.05, 4.69) is 5.32 Å². The van der Waals surface area contributed by atoms with Gasteiger partial charge in [0.2, 0.25) is 15.9 Å². The van der Waals surface area contributed by atoms with Gasteiger partial charge in [0.25, 0.3) is 0 Å². The molecule has 1 saturated heterocycles. The summed E-state index contributed by atoms with van der Waals surface area (Å²) in [7, 11) is -3.85. The third-order valence-corrected chi connectivity index (χ3v) is 4.84. The van der Waals surface area contributed by atoms with Gasteiger partial charge < -0.3 is 15.8 Å². The van der Waals surface area contributed by atoms with Gasteiger partial charge in [-0.3, -0.25) is 4.79 Å². The molecule has 0 unspecified atom stereocenters. The average Bonchev–Trinajstić information content (AvgIpc) is 2.47. The molecule has 0 bridgehead atoms. The van der Waals surface area contributed by atoms with E-state index in [0.717, 1.165) is 0 Å². The molecule has 0 radical (unpaired) electrons. The van der Waals surface area contributed by atoms with Crippen molar-refractivity contribution < 1.29 is 17.9 Å². The summed E-state index contributed by atoms with van der Waals surface area (Å²) in [6.45, 7) is 2.70. The third-order valence-electron chi connectivity index (χ3n) is 3.85. The van der Waals surface area contributed by atoms with E-state index in [0.29, 0.717) is 43.7 Å². The van der Waals surface area contributed by atoms with Gasteiger partial charge in [0, 0.05) is 18.9 Å². The van der Waals surface area contributed by atoms with Crippen LogP contribution in [0.15, 0.2) is 23.1 Å². The Labute approximate surface area is 142 Å². The number of nitrogens with one attached hydrogen (secondary N) is 1. The smallest absolute Gasteiger partial charge is 0.244 e. The van der Waals surface area contributed by atoms with Gasteiger partial charge in [0.15, 0.2) is 0 Å². The molecule has 23 heavy (non-hydrogen) atoms. The highest BCUT2D eigenvalue weighted by Gasteiger charge is 2.36. The first kappa shape index (κ1) is 19.9. The van der Waals surface area contributed by atoms with Gasteiger partial charge in [-0.2, -0.15) is 0 Å². The van der Waals surface area contributed by atoms with Crippen LogP contribution in [-0.2, 0) is 26.0 Å². The number of sulfonamides is 1. The molecule has 0 aromatic heterocycles. The van der Waals surface area contributed by atoms with Crippen molar-refractivity contribution in [3.05, 3.63) is 23.8 Å². The second kappa shape index (κ2) is 7.59. The van der Waals surface area contributed by atoms with Crippen molar-refractivity contribution in [2.75, 3.05) is 18.5 Å². The summed E-state index contributed by atoms with van der Waals surface area (Å²) in [5.41, 5.74) is 6.07. The molecule has 1 aliphatic rings. The van der Waals surface area contributed by atoms with Crippen molar-refractivity contribution >= 4 is 34.0 Å². The molecule has 1 heterocycles. The number of nitrogens with two attached hydrogens (primary N) is 2. The Morgan fingerprint density at radius 1 is 1.35 bits per heavy atom. The van der Waals surface area contributed by atoms with E-state index < -0.39 is 15.6 Å². The van der Waals surface area contributed by atoms with Gasteiger partial charge in [0.05, 0.1) is 4.90 Å². The number of aryl methyl sites for hydroxylation is 1. The zero-order valence-corrected chi connectivity index (χ0v) is 14.5. The Morgan fingerprint density at radius 3 is 2.48 bits per heavy atom. The Hall–Kier alpha value is -1.19. The van der Waals surface area contributed by atoms with Crippen LogP contribution in [0.2, 0.25) is 0 Å².